The van der Waals surface area contributed by atoms with Crippen LogP contribution in [0.4, 0.5) is 5.69 Å². The molecule has 0 amide bonds. The molecule has 1 aromatic carbocycles. The van der Waals surface area contributed by atoms with Crippen LogP contribution in [0.15, 0.2) is 29.4 Å². The Morgan fingerprint density at radius 3 is 2.50 bits per heavy atom. The van der Waals surface area contributed by atoms with Crippen LogP contribution in [0.1, 0.15) is 18.9 Å². The number of hydrogen-bond donors (Lipinski definition) is 4. The molecule has 0 fully saturated rings. The fourth-order valence-corrected chi connectivity index (χ4v) is 1.31. The molecular formula is C11H19N5. The number of nitrogens with two attached hydrogens (primary N) is 1. The van der Waals surface area contributed by atoms with E-state index >= 15 is 0 Å². The summed E-state index contributed by atoms with van der Waals surface area (Å²) in [6, 6.07) is 7.95. The SMILES string of the molecule is CCCNc1ccc(/C(=N/NC)NN)cc1. The van der Waals surface area contributed by atoms with Gasteiger partial charge in [0.15, 0.2) is 5.84 Å². The highest BCUT2D eigenvalue weighted by atomic mass is 15.4. The first-order chi connectivity index (χ1) is 7.81. The van der Waals surface area contributed by atoms with E-state index in [-0.39, 0.29) is 0 Å². The zero-order valence-electron chi connectivity index (χ0n) is 9.75. The Labute approximate surface area is 96.1 Å². The van der Waals surface area contributed by atoms with E-state index in [0.717, 1.165) is 24.2 Å². The van der Waals surface area contributed by atoms with Crippen LogP contribution in [0, 0.1) is 0 Å². The lowest BCUT2D eigenvalue weighted by molar-refractivity contribution is 0.871. The van der Waals surface area contributed by atoms with Crippen molar-refractivity contribution in [2.45, 2.75) is 13.3 Å². The van der Waals surface area contributed by atoms with Crippen molar-refractivity contribution in [1.29, 1.82) is 0 Å². The monoisotopic (exact) mass is 221 g/mol. The third kappa shape index (κ3) is 3.43. The average molecular weight is 221 g/mol. The molecule has 5 N–H and O–H groups in total. The molecule has 0 atom stereocenters. The van der Waals surface area contributed by atoms with Crippen molar-refractivity contribution in [3.05, 3.63) is 29.8 Å². The number of rotatable bonds is 5. The maximum absolute atomic E-state index is 5.37. The molecule has 16 heavy (non-hydrogen) atoms. The van der Waals surface area contributed by atoms with Crippen LogP contribution in [-0.4, -0.2) is 19.4 Å². The van der Waals surface area contributed by atoms with Crippen molar-refractivity contribution in [1.82, 2.24) is 10.9 Å². The second-order valence-corrected chi connectivity index (χ2v) is 3.33. The highest BCUT2D eigenvalue weighted by molar-refractivity contribution is 5.98. The smallest absolute Gasteiger partial charge is 0.167 e. The van der Waals surface area contributed by atoms with Crippen LogP contribution >= 0.6 is 0 Å². The van der Waals surface area contributed by atoms with Gasteiger partial charge >= 0.3 is 0 Å². The lowest BCUT2D eigenvalue weighted by Crippen LogP contribution is -2.32. The van der Waals surface area contributed by atoms with E-state index in [2.05, 4.69) is 28.2 Å². The summed E-state index contributed by atoms with van der Waals surface area (Å²) >= 11 is 0. The first kappa shape index (κ1) is 12.3. The molecule has 0 aliphatic carbocycles. The van der Waals surface area contributed by atoms with Gasteiger partial charge in [0.05, 0.1) is 0 Å². The van der Waals surface area contributed by atoms with Crippen LogP contribution in [0.2, 0.25) is 0 Å². The van der Waals surface area contributed by atoms with Crippen molar-refractivity contribution in [2.24, 2.45) is 10.9 Å². The second kappa shape index (κ2) is 6.68. The van der Waals surface area contributed by atoms with Crippen LogP contribution < -0.4 is 22.0 Å². The molecule has 5 heteroatoms. The maximum atomic E-state index is 5.37. The molecule has 0 bridgehead atoms. The zero-order valence-corrected chi connectivity index (χ0v) is 9.75. The van der Waals surface area contributed by atoms with Gasteiger partial charge < -0.3 is 16.2 Å². The Kier molecular flexibility index (Phi) is 5.15. The van der Waals surface area contributed by atoms with Crippen molar-refractivity contribution < 1.29 is 0 Å². The number of anilines is 1. The van der Waals surface area contributed by atoms with Gasteiger partial charge in [-0.3, -0.25) is 0 Å². The van der Waals surface area contributed by atoms with Gasteiger partial charge in [-0.15, -0.1) is 0 Å². The molecule has 5 nitrogen and oxygen atoms in total. The summed E-state index contributed by atoms with van der Waals surface area (Å²) in [5.41, 5.74) is 7.29. The summed E-state index contributed by atoms with van der Waals surface area (Å²) < 4.78 is 0. The third-order valence-corrected chi connectivity index (χ3v) is 2.10. The topological polar surface area (TPSA) is 74.5 Å². The summed E-state index contributed by atoms with van der Waals surface area (Å²) in [7, 11) is 1.73. The van der Waals surface area contributed by atoms with Crippen molar-refractivity contribution in [3.8, 4) is 0 Å². The van der Waals surface area contributed by atoms with Crippen molar-refractivity contribution in [3.63, 3.8) is 0 Å². The van der Waals surface area contributed by atoms with Gasteiger partial charge in [0.25, 0.3) is 0 Å². The molecule has 0 unspecified atom stereocenters. The molecule has 1 aromatic rings. The molecule has 0 heterocycles. The minimum absolute atomic E-state index is 0.615. The predicted molar refractivity (Wildman–Crippen MR) is 68.1 cm³/mol. The molecule has 1 rings (SSSR count). The Hall–Kier alpha value is -1.75. The normalized spacial score (nSPS) is 11.1. The fourth-order valence-electron chi connectivity index (χ4n) is 1.31. The van der Waals surface area contributed by atoms with Crippen LogP contribution in [-0.2, 0) is 0 Å². The van der Waals surface area contributed by atoms with Gasteiger partial charge in [-0.1, -0.05) is 6.92 Å². The van der Waals surface area contributed by atoms with E-state index in [1.165, 1.54) is 0 Å². The summed E-state index contributed by atoms with van der Waals surface area (Å²) in [5.74, 6) is 5.99. The lowest BCUT2D eigenvalue weighted by Gasteiger charge is -2.08. The zero-order chi connectivity index (χ0) is 11.8. The van der Waals surface area contributed by atoms with E-state index in [1.807, 2.05) is 24.3 Å². The van der Waals surface area contributed by atoms with Gasteiger partial charge in [0, 0.05) is 24.8 Å². The minimum Gasteiger partial charge on any atom is -0.385 e. The first-order valence-corrected chi connectivity index (χ1v) is 5.37. The Bertz CT molecular complexity index is 331. The molecule has 0 spiro atoms. The number of hydrazine groups is 1. The summed E-state index contributed by atoms with van der Waals surface area (Å²) in [4.78, 5) is 0. The number of amidine groups is 1. The number of nitrogens with one attached hydrogen (secondary N) is 3. The first-order valence-electron chi connectivity index (χ1n) is 5.37. The standard InChI is InChI=1S/C11H19N5/c1-3-8-14-10-6-4-9(5-7-10)11(15-12)16-13-2/h4-7,13-14H,3,8,12H2,1-2H3,(H,15,16). The van der Waals surface area contributed by atoms with Crippen LogP contribution in [0.3, 0.4) is 0 Å². The molecule has 0 saturated heterocycles. The Morgan fingerprint density at radius 1 is 1.31 bits per heavy atom. The third-order valence-electron chi connectivity index (χ3n) is 2.10. The van der Waals surface area contributed by atoms with E-state index in [4.69, 9.17) is 5.84 Å². The molecule has 0 aliphatic rings. The van der Waals surface area contributed by atoms with Crippen molar-refractivity contribution >= 4 is 11.5 Å². The van der Waals surface area contributed by atoms with Gasteiger partial charge in [0.1, 0.15) is 0 Å². The largest absolute Gasteiger partial charge is 0.385 e. The summed E-state index contributed by atoms with van der Waals surface area (Å²) in [6.07, 6.45) is 1.11. The number of hydrazone groups is 1. The predicted octanol–water partition coefficient (Wildman–Crippen LogP) is 0.853. The van der Waals surface area contributed by atoms with Crippen LogP contribution in [0.5, 0.6) is 0 Å². The van der Waals surface area contributed by atoms with Gasteiger partial charge in [0.2, 0.25) is 0 Å². The minimum atomic E-state index is 0.615. The maximum Gasteiger partial charge on any atom is 0.167 e. The molecule has 0 saturated carbocycles. The number of benzene rings is 1. The molecular weight excluding hydrogens is 202 g/mol. The van der Waals surface area contributed by atoms with E-state index < -0.39 is 0 Å². The van der Waals surface area contributed by atoms with E-state index in [1.54, 1.807) is 7.05 Å². The van der Waals surface area contributed by atoms with E-state index in [0.29, 0.717) is 5.84 Å². The molecule has 0 aliphatic heterocycles. The second-order valence-electron chi connectivity index (χ2n) is 3.33. The molecule has 88 valence electrons. The fraction of sp³-hybridized carbons (Fsp3) is 0.364. The molecule has 0 radical (unpaired) electrons. The summed E-state index contributed by atoms with van der Waals surface area (Å²) in [5, 5.41) is 7.32. The van der Waals surface area contributed by atoms with Gasteiger partial charge in [-0.2, -0.15) is 5.10 Å². The summed E-state index contributed by atoms with van der Waals surface area (Å²) in [6.45, 7) is 3.11. The average Bonchev–Trinajstić information content (AvgIpc) is 2.34. The number of nitrogens with zero attached hydrogens (tertiary/aromatic N) is 1. The molecule has 0 aromatic heterocycles. The quantitative estimate of drug-likeness (QED) is 0.257. The highest BCUT2D eigenvalue weighted by Crippen LogP contribution is 2.09. The Morgan fingerprint density at radius 2 is 2.00 bits per heavy atom. The van der Waals surface area contributed by atoms with Crippen LogP contribution in [0.25, 0.3) is 0 Å². The highest BCUT2D eigenvalue weighted by Gasteiger charge is 2.00. The van der Waals surface area contributed by atoms with Crippen molar-refractivity contribution in [2.75, 3.05) is 18.9 Å². The van der Waals surface area contributed by atoms with Gasteiger partial charge in [-0.05, 0) is 30.7 Å². The lowest BCUT2D eigenvalue weighted by atomic mass is 10.2. The number of hydrogen-bond acceptors (Lipinski definition) is 4. The van der Waals surface area contributed by atoms with E-state index in [9.17, 15) is 0 Å². The Balaban J connectivity index is 2.73. The van der Waals surface area contributed by atoms with Gasteiger partial charge in [-0.25, -0.2) is 5.84 Å².